The largest absolute Gasteiger partial charge is 0.450 e. The minimum atomic E-state index is -0.463. The number of fused-ring (bicyclic) bond motifs is 2. The topological polar surface area (TPSA) is 59.8 Å². The van der Waals surface area contributed by atoms with E-state index in [0.29, 0.717) is 29.7 Å². The molecule has 4 rings (SSSR count). The highest BCUT2D eigenvalue weighted by molar-refractivity contribution is 5.99. The quantitative estimate of drug-likeness (QED) is 0.725. The normalized spacial score (nSPS) is 16.3. The molecule has 5 nitrogen and oxygen atoms in total. The molecule has 0 bridgehead atoms. The Morgan fingerprint density at radius 3 is 2.62 bits per heavy atom. The van der Waals surface area contributed by atoms with Crippen LogP contribution >= 0.6 is 0 Å². The summed E-state index contributed by atoms with van der Waals surface area (Å²) in [7, 11) is 1.59. The average molecular weight is 349 g/mol. The molecule has 132 valence electrons. The number of hydrogen-bond donors (Lipinski definition) is 0. The van der Waals surface area contributed by atoms with Crippen molar-refractivity contribution in [1.29, 1.82) is 0 Å². The van der Waals surface area contributed by atoms with E-state index >= 15 is 0 Å². The summed E-state index contributed by atoms with van der Waals surface area (Å²) in [6.07, 6.45) is 0. The van der Waals surface area contributed by atoms with Crippen molar-refractivity contribution in [2.45, 2.75) is 13.0 Å². The summed E-state index contributed by atoms with van der Waals surface area (Å²) < 4.78 is 11.0. The lowest BCUT2D eigenvalue weighted by molar-refractivity contribution is 0.0663. The first-order chi connectivity index (χ1) is 12.6. The van der Waals surface area contributed by atoms with Gasteiger partial charge in [0.05, 0.1) is 23.6 Å². The molecule has 1 amide bonds. The van der Waals surface area contributed by atoms with Gasteiger partial charge < -0.3 is 14.1 Å². The van der Waals surface area contributed by atoms with Gasteiger partial charge in [-0.05, 0) is 24.6 Å². The molecule has 0 N–H and O–H groups in total. The number of carbonyl (C=O) groups is 1. The van der Waals surface area contributed by atoms with E-state index in [4.69, 9.17) is 9.15 Å². The summed E-state index contributed by atoms with van der Waals surface area (Å²) in [4.78, 5) is 27.9. The minimum Gasteiger partial charge on any atom is -0.450 e. The van der Waals surface area contributed by atoms with Gasteiger partial charge in [-0.2, -0.15) is 0 Å². The molecular formula is C21H19NO4. The van der Waals surface area contributed by atoms with Gasteiger partial charge in [0.2, 0.25) is 5.76 Å². The first kappa shape index (κ1) is 16.5. The van der Waals surface area contributed by atoms with Crippen LogP contribution in [0.15, 0.2) is 57.7 Å². The van der Waals surface area contributed by atoms with Gasteiger partial charge in [-0.25, -0.2) is 0 Å². The third-order valence-corrected chi connectivity index (χ3v) is 4.77. The summed E-state index contributed by atoms with van der Waals surface area (Å²) in [5.74, 6) is -0.137. The van der Waals surface area contributed by atoms with Crippen LogP contribution in [0.3, 0.4) is 0 Å². The molecule has 1 atom stereocenters. The Morgan fingerprint density at radius 1 is 1.12 bits per heavy atom. The molecule has 1 aliphatic rings. The second-order valence-corrected chi connectivity index (χ2v) is 6.48. The zero-order chi connectivity index (χ0) is 18.3. The molecule has 2 heterocycles. The molecule has 0 saturated carbocycles. The van der Waals surface area contributed by atoms with E-state index in [1.165, 1.54) is 0 Å². The van der Waals surface area contributed by atoms with Crippen molar-refractivity contribution in [2.75, 3.05) is 20.3 Å². The highest BCUT2D eigenvalue weighted by Crippen LogP contribution is 2.37. The lowest BCUT2D eigenvalue weighted by Crippen LogP contribution is -2.32. The van der Waals surface area contributed by atoms with Gasteiger partial charge in [0, 0.05) is 13.7 Å². The maximum atomic E-state index is 13.3. The van der Waals surface area contributed by atoms with Crippen LogP contribution < -0.4 is 5.43 Å². The summed E-state index contributed by atoms with van der Waals surface area (Å²) in [5, 5.41) is 0.506. The van der Waals surface area contributed by atoms with Crippen molar-refractivity contribution in [3.8, 4) is 0 Å². The van der Waals surface area contributed by atoms with Gasteiger partial charge in [-0.1, -0.05) is 42.0 Å². The van der Waals surface area contributed by atoms with Crippen LogP contribution in [-0.2, 0) is 4.74 Å². The van der Waals surface area contributed by atoms with Crippen LogP contribution in [0.5, 0.6) is 0 Å². The number of ether oxygens (including phenoxy) is 1. The average Bonchev–Trinajstić information content (AvgIpc) is 2.94. The first-order valence-electron chi connectivity index (χ1n) is 8.54. The summed E-state index contributed by atoms with van der Waals surface area (Å²) in [6, 6.07) is 14.5. The number of carbonyl (C=O) groups excluding carboxylic acids is 1. The van der Waals surface area contributed by atoms with Crippen molar-refractivity contribution >= 4 is 16.9 Å². The van der Waals surface area contributed by atoms with E-state index in [-0.39, 0.29) is 17.1 Å². The standard InChI is InChI=1S/C21H19NO4/c1-13-8-9-16-15(12-13)19(23)17-18(14-6-4-3-5-7-14)22(10-11-25-2)21(24)20(17)26-16/h3-9,12,18H,10-11H2,1-2H3. The fraction of sp³-hybridized carbons (Fsp3) is 0.238. The number of aryl methyl sites for hydroxylation is 1. The van der Waals surface area contributed by atoms with Crippen molar-refractivity contribution in [2.24, 2.45) is 0 Å². The Hall–Kier alpha value is -2.92. The van der Waals surface area contributed by atoms with Gasteiger partial charge in [-0.3, -0.25) is 9.59 Å². The second kappa shape index (κ2) is 6.42. The first-order valence-corrected chi connectivity index (χ1v) is 8.54. The van der Waals surface area contributed by atoms with Gasteiger partial charge in [0.15, 0.2) is 5.43 Å². The summed E-state index contributed by atoms with van der Waals surface area (Å²) in [6.45, 7) is 2.70. The SMILES string of the molecule is COCCN1C(=O)c2oc3ccc(C)cc3c(=O)c2C1c1ccccc1. The number of hydrogen-bond acceptors (Lipinski definition) is 4. The molecule has 0 radical (unpaired) electrons. The van der Waals surface area contributed by atoms with Gasteiger partial charge >= 0.3 is 0 Å². The summed E-state index contributed by atoms with van der Waals surface area (Å²) >= 11 is 0. The minimum absolute atomic E-state index is 0.135. The molecule has 0 fully saturated rings. The van der Waals surface area contributed by atoms with Gasteiger partial charge in [0.1, 0.15) is 5.58 Å². The Morgan fingerprint density at radius 2 is 1.88 bits per heavy atom. The molecule has 1 aliphatic heterocycles. The van der Waals surface area contributed by atoms with E-state index in [1.54, 1.807) is 18.1 Å². The molecule has 3 aromatic rings. The summed E-state index contributed by atoms with van der Waals surface area (Å²) in [5.41, 5.74) is 2.56. The van der Waals surface area contributed by atoms with Gasteiger partial charge in [-0.15, -0.1) is 0 Å². The highest BCUT2D eigenvalue weighted by atomic mass is 16.5. The maximum absolute atomic E-state index is 13.3. The van der Waals surface area contributed by atoms with Crippen molar-refractivity contribution in [3.05, 3.63) is 81.2 Å². The van der Waals surface area contributed by atoms with E-state index in [2.05, 4.69) is 0 Å². The fourth-order valence-electron chi connectivity index (χ4n) is 3.54. The third kappa shape index (κ3) is 2.52. The van der Waals surface area contributed by atoms with E-state index in [1.807, 2.05) is 49.4 Å². The predicted octanol–water partition coefficient (Wildman–Crippen LogP) is 3.29. The van der Waals surface area contributed by atoms with Crippen molar-refractivity contribution in [3.63, 3.8) is 0 Å². The van der Waals surface area contributed by atoms with Crippen LogP contribution in [0.2, 0.25) is 0 Å². The number of benzene rings is 2. The molecule has 2 aromatic carbocycles. The van der Waals surface area contributed by atoms with E-state index < -0.39 is 6.04 Å². The maximum Gasteiger partial charge on any atom is 0.290 e. The zero-order valence-electron chi connectivity index (χ0n) is 14.7. The molecule has 0 saturated heterocycles. The molecule has 1 unspecified atom stereocenters. The van der Waals surface area contributed by atoms with Crippen LogP contribution in [0.4, 0.5) is 0 Å². The molecular weight excluding hydrogens is 330 g/mol. The Balaban J connectivity index is 1.98. The van der Waals surface area contributed by atoms with E-state index in [9.17, 15) is 9.59 Å². The van der Waals surface area contributed by atoms with Crippen LogP contribution in [0.1, 0.15) is 33.3 Å². The van der Waals surface area contributed by atoms with E-state index in [0.717, 1.165) is 11.1 Å². The Labute approximate surface area is 150 Å². The lowest BCUT2D eigenvalue weighted by Gasteiger charge is -2.24. The van der Waals surface area contributed by atoms with Crippen LogP contribution in [0.25, 0.3) is 11.0 Å². The Kier molecular flexibility index (Phi) is 4.09. The monoisotopic (exact) mass is 349 g/mol. The third-order valence-electron chi connectivity index (χ3n) is 4.77. The lowest BCUT2D eigenvalue weighted by atomic mass is 9.98. The highest BCUT2D eigenvalue weighted by Gasteiger charge is 2.42. The molecule has 5 heteroatoms. The molecule has 1 aromatic heterocycles. The van der Waals surface area contributed by atoms with Crippen LogP contribution in [-0.4, -0.2) is 31.1 Å². The molecule has 0 spiro atoms. The number of amides is 1. The smallest absolute Gasteiger partial charge is 0.290 e. The predicted molar refractivity (Wildman–Crippen MR) is 98.4 cm³/mol. The number of nitrogens with zero attached hydrogens (tertiary/aromatic N) is 1. The zero-order valence-corrected chi connectivity index (χ0v) is 14.7. The second-order valence-electron chi connectivity index (χ2n) is 6.48. The number of rotatable bonds is 4. The van der Waals surface area contributed by atoms with Crippen LogP contribution in [0, 0.1) is 6.92 Å². The number of methoxy groups -OCH3 is 1. The van der Waals surface area contributed by atoms with Gasteiger partial charge in [0.25, 0.3) is 5.91 Å². The Bertz CT molecular complexity index is 1040. The molecule has 0 aliphatic carbocycles. The van der Waals surface area contributed by atoms with Crippen molar-refractivity contribution in [1.82, 2.24) is 4.90 Å². The molecule has 26 heavy (non-hydrogen) atoms. The fourth-order valence-corrected chi connectivity index (χ4v) is 3.54. The van der Waals surface area contributed by atoms with Crippen molar-refractivity contribution < 1.29 is 13.9 Å².